The lowest BCUT2D eigenvalue weighted by atomic mass is 10.1. The van der Waals surface area contributed by atoms with Gasteiger partial charge >= 0.3 is 0 Å². The van der Waals surface area contributed by atoms with Gasteiger partial charge in [0.2, 0.25) is 0 Å². The smallest absolute Gasteiger partial charge is 0.264 e. The molecular formula is C26H26N6OS. The van der Waals surface area contributed by atoms with Crippen LogP contribution < -0.4 is 5.32 Å². The molecule has 8 heteroatoms. The third-order valence-electron chi connectivity index (χ3n) is 6.23. The minimum Gasteiger partial charge on any atom is -0.379 e. The van der Waals surface area contributed by atoms with Crippen molar-refractivity contribution >= 4 is 33.0 Å². The van der Waals surface area contributed by atoms with Crippen LogP contribution in [0.25, 0.3) is 10.1 Å². The first-order valence-electron chi connectivity index (χ1n) is 11.3. The van der Waals surface area contributed by atoms with Crippen molar-refractivity contribution in [2.45, 2.75) is 13.1 Å². The number of anilines is 1. The predicted octanol–water partition coefficient (Wildman–Crippen LogP) is 4.02. The molecule has 7 nitrogen and oxygen atoms in total. The van der Waals surface area contributed by atoms with Crippen LogP contribution >= 0.6 is 11.3 Å². The third-order valence-corrected chi connectivity index (χ3v) is 7.33. The molecule has 172 valence electrons. The average molecular weight is 471 g/mol. The fraction of sp³-hybridized carbons (Fsp3) is 0.269. The van der Waals surface area contributed by atoms with Gasteiger partial charge in [-0.1, -0.05) is 12.1 Å². The van der Waals surface area contributed by atoms with Gasteiger partial charge in [0, 0.05) is 49.3 Å². The minimum atomic E-state index is 0.135. The number of imidazole rings is 1. The van der Waals surface area contributed by atoms with Gasteiger partial charge in [-0.2, -0.15) is 5.26 Å². The van der Waals surface area contributed by atoms with Gasteiger partial charge in [0.15, 0.2) is 0 Å². The van der Waals surface area contributed by atoms with Crippen LogP contribution in [0.5, 0.6) is 0 Å². The molecule has 2 aromatic carbocycles. The molecule has 1 fully saturated rings. The highest BCUT2D eigenvalue weighted by Crippen LogP contribution is 2.29. The molecule has 0 radical (unpaired) electrons. The summed E-state index contributed by atoms with van der Waals surface area (Å²) in [7, 11) is 2.09. The molecule has 1 aliphatic rings. The van der Waals surface area contributed by atoms with E-state index >= 15 is 0 Å². The van der Waals surface area contributed by atoms with Crippen molar-refractivity contribution in [2.75, 3.05) is 38.5 Å². The number of nitrogens with zero attached hydrogens (tertiary/aromatic N) is 5. The van der Waals surface area contributed by atoms with Crippen molar-refractivity contribution in [1.82, 2.24) is 19.4 Å². The van der Waals surface area contributed by atoms with Gasteiger partial charge < -0.3 is 19.7 Å². The number of benzene rings is 2. The summed E-state index contributed by atoms with van der Waals surface area (Å²) in [5.74, 6) is 0.135. The normalized spacial score (nSPS) is 14.3. The van der Waals surface area contributed by atoms with E-state index in [4.69, 9.17) is 5.26 Å². The monoisotopic (exact) mass is 470 g/mol. The first-order valence-corrected chi connectivity index (χ1v) is 12.1. The van der Waals surface area contributed by atoms with E-state index < -0.39 is 0 Å². The molecule has 5 rings (SSSR count). The Labute approximate surface area is 202 Å². The molecule has 0 atom stereocenters. The molecule has 4 aromatic rings. The van der Waals surface area contributed by atoms with Crippen LogP contribution in [-0.2, 0) is 13.1 Å². The third kappa shape index (κ3) is 4.81. The maximum absolute atomic E-state index is 12.9. The van der Waals surface area contributed by atoms with Crippen LogP contribution in [0.1, 0.15) is 26.5 Å². The molecule has 1 amide bonds. The van der Waals surface area contributed by atoms with E-state index in [1.165, 1.54) is 0 Å². The second-order valence-electron chi connectivity index (χ2n) is 8.63. The summed E-state index contributed by atoms with van der Waals surface area (Å²) in [6.45, 7) is 4.75. The van der Waals surface area contributed by atoms with Crippen LogP contribution in [0.15, 0.2) is 61.1 Å². The van der Waals surface area contributed by atoms with E-state index in [1.807, 2.05) is 47.8 Å². The van der Waals surface area contributed by atoms with Gasteiger partial charge in [-0.3, -0.25) is 4.79 Å². The molecule has 34 heavy (non-hydrogen) atoms. The SMILES string of the molecule is CN1CCN(C(=O)c2cc3cc(NCc4cncn4Cc4ccc(C#N)cc4)ccc3s2)CC1. The summed E-state index contributed by atoms with van der Waals surface area (Å²) in [6.07, 6.45) is 3.69. The largest absolute Gasteiger partial charge is 0.379 e. The second-order valence-corrected chi connectivity index (χ2v) is 9.72. The van der Waals surface area contributed by atoms with E-state index in [-0.39, 0.29) is 5.91 Å². The summed E-state index contributed by atoms with van der Waals surface area (Å²) in [6, 6.07) is 18.0. The van der Waals surface area contributed by atoms with Crippen molar-refractivity contribution in [3.05, 3.63) is 82.8 Å². The Morgan fingerprint density at radius 1 is 1.12 bits per heavy atom. The Kier molecular flexibility index (Phi) is 6.30. The lowest BCUT2D eigenvalue weighted by molar-refractivity contribution is 0.0669. The first-order chi connectivity index (χ1) is 16.6. The Morgan fingerprint density at radius 3 is 2.68 bits per heavy atom. The molecule has 1 saturated heterocycles. The zero-order valence-electron chi connectivity index (χ0n) is 19.1. The molecule has 0 spiro atoms. The number of nitrogens with one attached hydrogen (secondary N) is 1. The predicted molar refractivity (Wildman–Crippen MR) is 135 cm³/mol. The van der Waals surface area contributed by atoms with E-state index in [9.17, 15) is 4.79 Å². The lowest BCUT2D eigenvalue weighted by Gasteiger charge is -2.32. The maximum atomic E-state index is 12.9. The van der Waals surface area contributed by atoms with Crippen LogP contribution in [0.2, 0.25) is 0 Å². The van der Waals surface area contributed by atoms with Crippen molar-refractivity contribution < 1.29 is 4.79 Å². The zero-order chi connectivity index (χ0) is 23.5. The summed E-state index contributed by atoms with van der Waals surface area (Å²) in [5, 5.41) is 13.5. The number of likely N-dealkylation sites (N-methyl/N-ethyl adjacent to an activating group) is 1. The fourth-order valence-corrected chi connectivity index (χ4v) is 5.15. The standard InChI is InChI=1S/C26H26N6OS/c1-30-8-10-31(11-9-30)26(33)25-13-21-12-22(6-7-24(21)34-25)29-16-23-15-28-18-32(23)17-20-4-2-19(14-27)3-5-20/h2-7,12-13,15,18,29H,8-11,16-17H2,1H3. The Morgan fingerprint density at radius 2 is 1.91 bits per heavy atom. The summed E-state index contributed by atoms with van der Waals surface area (Å²) >= 11 is 1.56. The molecule has 0 saturated carbocycles. The molecule has 3 heterocycles. The molecular weight excluding hydrogens is 444 g/mol. The number of piperazine rings is 1. The van der Waals surface area contributed by atoms with Crippen LogP contribution in [0, 0.1) is 11.3 Å². The van der Waals surface area contributed by atoms with Gasteiger partial charge in [0.25, 0.3) is 5.91 Å². The van der Waals surface area contributed by atoms with E-state index in [1.54, 1.807) is 11.3 Å². The highest BCUT2D eigenvalue weighted by Gasteiger charge is 2.22. The number of fused-ring (bicyclic) bond motifs is 1. The van der Waals surface area contributed by atoms with Gasteiger partial charge in [0.05, 0.1) is 35.1 Å². The van der Waals surface area contributed by atoms with Gasteiger partial charge in [-0.15, -0.1) is 11.3 Å². The van der Waals surface area contributed by atoms with E-state index in [0.717, 1.165) is 58.1 Å². The summed E-state index contributed by atoms with van der Waals surface area (Å²) in [5.41, 5.74) is 3.86. The fourth-order valence-electron chi connectivity index (χ4n) is 4.14. The average Bonchev–Trinajstić information content (AvgIpc) is 3.49. The summed E-state index contributed by atoms with van der Waals surface area (Å²) in [4.78, 5) is 22.3. The Balaban J connectivity index is 1.25. The van der Waals surface area contributed by atoms with E-state index in [2.05, 4.69) is 51.1 Å². The number of nitriles is 1. The molecule has 1 aliphatic heterocycles. The van der Waals surface area contributed by atoms with Crippen LogP contribution in [0.4, 0.5) is 5.69 Å². The van der Waals surface area contributed by atoms with Crippen molar-refractivity contribution in [2.24, 2.45) is 0 Å². The Bertz CT molecular complexity index is 1340. The minimum absolute atomic E-state index is 0.135. The Hall–Kier alpha value is -3.67. The van der Waals surface area contributed by atoms with Gasteiger partial charge in [-0.25, -0.2) is 4.98 Å². The second kappa shape index (κ2) is 9.67. The highest BCUT2D eigenvalue weighted by atomic mass is 32.1. The number of hydrogen-bond donors (Lipinski definition) is 1. The van der Waals surface area contributed by atoms with Gasteiger partial charge in [0.1, 0.15) is 0 Å². The zero-order valence-corrected chi connectivity index (χ0v) is 19.9. The number of aromatic nitrogens is 2. The van der Waals surface area contributed by atoms with E-state index in [0.29, 0.717) is 18.7 Å². The number of rotatable bonds is 6. The van der Waals surface area contributed by atoms with Crippen molar-refractivity contribution in [3.8, 4) is 6.07 Å². The van der Waals surface area contributed by atoms with Crippen LogP contribution in [0.3, 0.4) is 0 Å². The number of amides is 1. The summed E-state index contributed by atoms with van der Waals surface area (Å²) < 4.78 is 3.22. The maximum Gasteiger partial charge on any atom is 0.264 e. The molecule has 1 N–H and O–H groups in total. The molecule has 0 aliphatic carbocycles. The van der Waals surface area contributed by atoms with Gasteiger partial charge in [-0.05, 0) is 54.4 Å². The topological polar surface area (TPSA) is 77.2 Å². The van der Waals surface area contributed by atoms with Crippen LogP contribution in [-0.4, -0.2) is 58.5 Å². The number of thiophene rings is 1. The highest BCUT2D eigenvalue weighted by molar-refractivity contribution is 7.20. The van der Waals surface area contributed by atoms with Crippen molar-refractivity contribution in [3.63, 3.8) is 0 Å². The molecule has 2 aromatic heterocycles. The number of carbonyl (C=O) groups is 1. The lowest BCUT2D eigenvalue weighted by Crippen LogP contribution is -2.46. The number of hydrogen-bond acceptors (Lipinski definition) is 6. The quantitative estimate of drug-likeness (QED) is 0.461. The molecule has 0 bridgehead atoms. The first kappa shape index (κ1) is 22.1. The molecule has 0 unspecified atom stereocenters. The number of carbonyl (C=O) groups excluding carboxylic acids is 1. The van der Waals surface area contributed by atoms with Crippen molar-refractivity contribution in [1.29, 1.82) is 5.26 Å².